The first-order valence-electron chi connectivity index (χ1n) is 9.06. The number of nitriles is 1. The summed E-state index contributed by atoms with van der Waals surface area (Å²) >= 11 is 0. The summed E-state index contributed by atoms with van der Waals surface area (Å²) in [7, 11) is 0. The van der Waals surface area contributed by atoms with Gasteiger partial charge in [0.15, 0.2) is 5.78 Å². The van der Waals surface area contributed by atoms with Gasteiger partial charge in [0.2, 0.25) is 0 Å². The summed E-state index contributed by atoms with van der Waals surface area (Å²) in [5, 5.41) is 13.9. The molecule has 1 fully saturated rings. The molecule has 1 aliphatic carbocycles. The van der Waals surface area contributed by atoms with Crippen LogP contribution in [-0.2, 0) is 9.53 Å². The lowest BCUT2D eigenvalue weighted by atomic mass is 9.76. The Morgan fingerprint density at radius 2 is 1.88 bits per heavy atom. The van der Waals surface area contributed by atoms with Crippen LogP contribution in [0.3, 0.4) is 0 Å². The Bertz CT molecular complexity index is 816. The summed E-state index contributed by atoms with van der Waals surface area (Å²) in [6.07, 6.45) is 2.13. The monoisotopic (exact) mass is 350 g/mol. The predicted molar refractivity (Wildman–Crippen MR) is 96.1 cm³/mol. The van der Waals surface area contributed by atoms with Gasteiger partial charge in [-0.05, 0) is 18.4 Å². The molecule has 2 N–H and O–H groups in total. The molecule has 0 amide bonds. The molecule has 1 aromatic carbocycles. The molecule has 6 heteroatoms. The molecule has 134 valence electrons. The molecule has 0 radical (unpaired) electrons. The molecule has 4 rings (SSSR count). The standard InChI is InChI=1S/C20H22N4O2/c21-13-15-18(14-5-2-1-3-6-14)19-16(7-4-8-17(19)25)24(20(15)22)23-9-11-26-12-10-23/h1-3,5-6,18H,4,7-12,22H2. The third kappa shape index (κ3) is 2.70. The van der Waals surface area contributed by atoms with E-state index in [0.717, 1.165) is 29.7 Å². The number of allylic oxidation sites excluding steroid dienone is 3. The maximum absolute atomic E-state index is 12.9. The third-order valence-corrected chi connectivity index (χ3v) is 5.29. The maximum Gasteiger partial charge on any atom is 0.161 e. The number of Topliss-reactive ketones (excluding diaryl/α,β-unsaturated/α-hetero) is 1. The molecule has 0 aromatic heterocycles. The quantitative estimate of drug-likeness (QED) is 0.879. The number of morpholine rings is 1. The van der Waals surface area contributed by atoms with Crippen molar-refractivity contribution in [3.63, 3.8) is 0 Å². The van der Waals surface area contributed by atoms with Gasteiger partial charge < -0.3 is 10.5 Å². The number of ether oxygens (including phenoxy) is 1. The molecule has 1 aromatic rings. The SMILES string of the molecule is N#CC1=C(N)N(N2CCOCC2)C2=C(C(=O)CCC2)C1c1ccccc1. The summed E-state index contributed by atoms with van der Waals surface area (Å²) in [5.41, 5.74) is 9.58. The van der Waals surface area contributed by atoms with E-state index in [1.165, 1.54) is 0 Å². The van der Waals surface area contributed by atoms with Crippen molar-refractivity contribution >= 4 is 5.78 Å². The van der Waals surface area contributed by atoms with Crippen LogP contribution in [0.15, 0.2) is 53.0 Å². The molecule has 1 saturated heterocycles. The van der Waals surface area contributed by atoms with Crippen LogP contribution in [0.25, 0.3) is 0 Å². The Kier molecular flexibility index (Phi) is 4.49. The lowest BCUT2D eigenvalue weighted by Gasteiger charge is -2.45. The van der Waals surface area contributed by atoms with Crippen molar-refractivity contribution in [1.29, 1.82) is 5.26 Å². The second-order valence-electron chi connectivity index (χ2n) is 6.77. The molecule has 2 aliphatic heterocycles. The van der Waals surface area contributed by atoms with Gasteiger partial charge in [0.05, 0.1) is 30.8 Å². The number of carbonyl (C=O) groups is 1. The molecule has 0 spiro atoms. The Morgan fingerprint density at radius 3 is 2.58 bits per heavy atom. The van der Waals surface area contributed by atoms with Gasteiger partial charge in [-0.1, -0.05) is 30.3 Å². The van der Waals surface area contributed by atoms with Gasteiger partial charge in [0.25, 0.3) is 0 Å². The van der Waals surface area contributed by atoms with E-state index < -0.39 is 0 Å². The lowest BCUT2D eigenvalue weighted by Crippen LogP contribution is -2.52. The minimum Gasteiger partial charge on any atom is -0.383 e. The molecule has 6 nitrogen and oxygen atoms in total. The van der Waals surface area contributed by atoms with Gasteiger partial charge in [-0.15, -0.1) is 0 Å². The number of nitrogens with zero attached hydrogens (tertiary/aromatic N) is 3. The van der Waals surface area contributed by atoms with Crippen LogP contribution >= 0.6 is 0 Å². The lowest BCUT2D eigenvalue weighted by molar-refractivity contribution is -0.117. The Morgan fingerprint density at radius 1 is 1.15 bits per heavy atom. The fourth-order valence-corrected chi connectivity index (χ4v) is 4.12. The minimum absolute atomic E-state index is 0.124. The highest BCUT2D eigenvalue weighted by Crippen LogP contribution is 2.45. The van der Waals surface area contributed by atoms with E-state index >= 15 is 0 Å². The number of carbonyl (C=O) groups excluding carboxylic acids is 1. The second-order valence-corrected chi connectivity index (χ2v) is 6.77. The molecular weight excluding hydrogens is 328 g/mol. The number of nitrogens with two attached hydrogens (primary N) is 1. The highest BCUT2D eigenvalue weighted by atomic mass is 16.5. The highest BCUT2D eigenvalue weighted by Gasteiger charge is 2.41. The molecule has 3 aliphatic rings. The van der Waals surface area contributed by atoms with Gasteiger partial charge in [0, 0.05) is 30.8 Å². The Labute approximate surface area is 153 Å². The van der Waals surface area contributed by atoms with Crippen molar-refractivity contribution in [2.45, 2.75) is 25.2 Å². The summed E-state index contributed by atoms with van der Waals surface area (Å²) < 4.78 is 5.45. The van der Waals surface area contributed by atoms with Crippen LogP contribution in [-0.4, -0.2) is 42.1 Å². The zero-order valence-electron chi connectivity index (χ0n) is 14.6. The minimum atomic E-state index is -0.374. The summed E-state index contributed by atoms with van der Waals surface area (Å²) in [6.45, 7) is 2.62. The number of hydrogen-bond acceptors (Lipinski definition) is 6. The van der Waals surface area contributed by atoms with Crippen LogP contribution in [0.1, 0.15) is 30.7 Å². The highest BCUT2D eigenvalue weighted by molar-refractivity contribution is 5.99. The van der Waals surface area contributed by atoms with Crippen molar-refractivity contribution < 1.29 is 9.53 Å². The van der Waals surface area contributed by atoms with Gasteiger partial charge in [-0.25, -0.2) is 5.01 Å². The molecule has 1 unspecified atom stereocenters. The predicted octanol–water partition coefficient (Wildman–Crippen LogP) is 2.03. The van der Waals surface area contributed by atoms with Gasteiger partial charge in [-0.2, -0.15) is 5.26 Å². The first kappa shape index (κ1) is 16.8. The van der Waals surface area contributed by atoms with Crippen LogP contribution < -0.4 is 5.73 Å². The average molecular weight is 350 g/mol. The number of benzene rings is 1. The van der Waals surface area contributed by atoms with Gasteiger partial charge in [0.1, 0.15) is 5.82 Å². The number of ketones is 1. The first-order valence-corrected chi connectivity index (χ1v) is 9.06. The van der Waals surface area contributed by atoms with Crippen molar-refractivity contribution in [3.8, 4) is 6.07 Å². The van der Waals surface area contributed by atoms with Crippen molar-refractivity contribution in [3.05, 3.63) is 58.6 Å². The van der Waals surface area contributed by atoms with Gasteiger partial charge in [-0.3, -0.25) is 9.80 Å². The van der Waals surface area contributed by atoms with Crippen LogP contribution in [0.2, 0.25) is 0 Å². The molecule has 2 heterocycles. The number of rotatable bonds is 2. The van der Waals surface area contributed by atoms with E-state index in [1.54, 1.807) is 0 Å². The molecule has 1 atom stereocenters. The van der Waals surface area contributed by atoms with E-state index in [4.69, 9.17) is 10.5 Å². The van der Waals surface area contributed by atoms with Crippen LogP contribution in [0.4, 0.5) is 0 Å². The number of hydrogen-bond donors (Lipinski definition) is 1. The van der Waals surface area contributed by atoms with E-state index in [0.29, 0.717) is 44.1 Å². The topological polar surface area (TPSA) is 82.6 Å². The van der Waals surface area contributed by atoms with E-state index in [2.05, 4.69) is 11.1 Å². The maximum atomic E-state index is 12.9. The fraction of sp³-hybridized carbons (Fsp3) is 0.400. The van der Waals surface area contributed by atoms with Crippen molar-refractivity contribution in [2.24, 2.45) is 5.73 Å². The summed E-state index contributed by atoms with van der Waals surface area (Å²) in [4.78, 5) is 12.9. The van der Waals surface area contributed by atoms with Crippen molar-refractivity contribution in [2.75, 3.05) is 26.3 Å². The number of hydrazine groups is 1. The normalized spacial score (nSPS) is 24.5. The smallest absolute Gasteiger partial charge is 0.161 e. The average Bonchev–Trinajstić information content (AvgIpc) is 2.68. The Hall–Kier alpha value is -2.62. The van der Waals surface area contributed by atoms with E-state index in [-0.39, 0.29) is 11.7 Å². The zero-order chi connectivity index (χ0) is 18.1. The van der Waals surface area contributed by atoms with Gasteiger partial charge >= 0.3 is 0 Å². The summed E-state index contributed by atoms with van der Waals surface area (Å²) in [6, 6.07) is 12.0. The van der Waals surface area contributed by atoms with E-state index in [9.17, 15) is 10.1 Å². The molecule has 26 heavy (non-hydrogen) atoms. The summed E-state index contributed by atoms with van der Waals surface area (Å²) in [5.74, 6) is 0.191. The molecular formula is C20H22N4O2. The Balaban J connectivity index is 1.88. The molecule has 0 bridgehead atoms. The largest absolute Gasteiger partial charge is 0.383 e. The van der Waals surface area contributed by atoms with Crippen LogP contribution in [0.5, 0.6) is 0 Å². The van der Waals surface area contributed by atoms with Crippen LogP contribution in [0, 0.1) is 11.3 Å². The zero-order valence-corrected chi connectivity index (χ0v) is 14.6. The van der Waals surface area contributed by atoms with Crippen molar-refractivity contribution in [1.82, 2.24) is 10.0 Å². The molecule has 0 saturated carbocycles. The fourth-order valence-electron chi connectivity index (χ4n) is 4.12. The van der Waals surface area contributed by atoms with E-state index in [1.807, 2.05) is 35.3 Å². The second kappa shape index (κ2) is 6.94. The third-order valence-electron chi connectivity index (χ3n) is 5.29. The first-order chi connectivity index (χ1) is 12.7.